The number of fused-ring (bicyclic) bond motifs is 1. The summed E-state index contributed by atoms with van der Waals surface area (Å²) in [6.07, 6.45) is 6.21. The second-order valence-corrected chi connectivity index (χ2v) is 8.45. The normalized spacial score (nSPS) is 14.6. The number of ether oxygens (including phenoxy) is 1. The van der Waals surface area contributed by atoms with E-state index < -0.39 is 0 Å². The van der Waals surface area contributed by atoms with Gasteiger partial charge in [0.05, 0.1) is 18.5 Å². The number of hydrogen-bond donors (Lipinski definition) is 1. The molecule has 1 aliphatic rings. The molecule has 2 N–H and O–H groups in total. The number of hydrogen-bond acceptors (Lipinski definition) is 5. The van der Waals surface area contributed by atoms with Crippen molar-refractivity contribution in [3.8, 4) is 16.9 Å². The highest BCUT2D eigenvalue weighted by atomic mass is 16.5. The van der Waals surface area contributed by atoms with E-state index in [1.165, 1.54) is 12.8 Å². The lowest BCUT2D eigenvalue weighted by atomic mass is 10.1. The maximum atomic E-state index is 6.38. The molecule has 7 nitrogen and oxygen atoms in total. The van der Waals surface area contributed by atoms with Gasteiger partial charge in [-0.25, -0.2) is 4.90 Å². The van der Waals surface area contributed by atoms with Gasteiger partial charge in [-0.1, -0.05) is 30.3 Å². The summed E-state index contributed by atoms with van der Waals surface area (Å²) in [5.74, 6) is 1.55. The molecule has 4 aromatic rings. The average molecular weight is 456 g/mol. The number of benzene rings is 2. The topological polar surface area (TPSA) is 80.1 Å². The molecule has 5 rings (SSSR count). The number of aromatic nitrogens is 1. The number of furan rings is 1. The molecule has 34 heavy (non-hydrogen) atoms. The van der Waals surface area contributed by atoms with E-state index in [0.29, 0.717) is 17.6 Å². The van der Waals surface area contributed by atoms with Crippen LogP contribution >= 0.6 is 0 Å². The monoisotopic (exact) mass is 455 g/mol. The molecule has 2 aromatic carbocycles. The van der Waals surface area contributed by atoms with Gasteiger partial charge in [-0.15, -0.1) is 0 Å². The number of pyridine rings is 1. The van der Waals surface area contributed by atoms with Crippen molar-refractivity contribution in [2.75, 3.05) is 32.1 Å². The number of aliphatic imine (C=N–C) groups is 1. The third-order valence-electron chi connectivity index (χ3n) is 6.31. The van der Waals surface area contributed by atoms with Crippen LogP contribution in [-0.2, 0) is 6.54 Å². The SMILES string of the molecule is CN=C(N)N(c1cc(-c2ccc(CN3CCCC3)nc2)ccc1OC)c1occ2ccccc12. The Morgan fingerprint density at radius 2 is 1.91 bits per heavy atom. The molecule has 0 amide bonds. The van der Waals surface area contributed by atoms with Crippen LogP contribution in [0.5, 0.6) is 5.75 Å². The van der Waals surface area contributed by atoms with Crippen molar-refractivity contribution in [2.24, 2.45) is 10.7 Å². The highest BCUT2D eigenvalue weighted by molar-refractivity contribution is 6.08. The second-order valence-electron chi connectivity index (χ2n) is 8.45. The van der Waals surface area contributed by atoms with E-state index in [0.717, 1.165) is 52.9 Å². The zero-order valence-corrected chi connectivity index (χ0v) is 19.6. The zero-order chi connectivity index (χ0) is 23.5. The van der Waals surface area contributed by atoms with E-state index >= 15 is 0 Å². The van der Waals surface area contributed by atoms with Gasteiger partial charge in [0.2, 0.25) is 11.8 Å². The summed E-state index contributed by atoms with van der Waals surface area (Å²) in [7, 11) is 3.30. The minimum absolute atomic E-state index is 0.301. The van der Waals surface area contributed by atoms with Crippen molar-refractivity contribution in [3.05, 3.63) is 72.8 Å². The van der Waals surface area contributed by atoms with Crippen molar-refractivity contribution in [3.63, 3.8) is 0 Å². The number of anilines is 2. The van der Waals surface area contributed by atoms with Gasteiger partial charge in [-0.2, -0.15) is 0 Å². The van der Waals surface area contributed by atoms with Crippen LogP contribution in [0.15, 0.2) is 76.5 Å². The van der Waals surface area contributed by atoms with E-state index in [-0.39, 0.29) is 0 Å². The zero-order valence-electron chi connectivity index (χ0n) is 19.6. The van der Waals surface area contributed by atoms with Crippen molar-refractivity contribution in [2.45, 2.75) is 19.4 Å². The van der Waals surface area contributed by atoms with Gasteiger partial charge in [0.1, 0.15) is 12.0 Å². The summed E-state index contributed by atoms with van der Waals surface area (Å²) in [5.41, 5.74) is 10.2. The first-order chi connectivity index (χ1) is 16.7. The third kappa shape index (κ3) is 4.22. The predicted molar refractivity (Wildman–Crippen MR) is 137 cm³/mol. The summed E-state index contributed by atoms with van der Waals surface area (Å²) in [6.45, 7) is 3.21. The van der Waals surface area contributed by atoms with Crippen LogP contribution in [0.1, 0.15) is 18.5 Å². The molecule has 0 bridgehead atoms. The summed E-state index contributed by atoms with van der Waals surface area (Å²) < 4.78 is 11.7. The van der Waals surface area contributed by atoms with Crippen LogP contribution in [0.25, 0.3) is 21.9 Å². The number of rotatable bonds is 6. The summed E-state index contributed by atoms with van der Waals surface area (Å²) in [5, 5.41) is 1.92. The number of guanidine groups is 1. The van der Waals surface area contributed by atoms with Crippen LogP contribution in [0, 0.1) is 0 Å². The molecule has 1 aliphatic heterocycles. The maximum Gasteiger partial charge on any atom is 0.214 e. The van der Waals surface area contributed by atoms with Gasteiger partial charge in [0.25, 0.3) is 0 Å². The fraction of sp³-hybridized carbons (Fsp3) is 0.259. The van der Waals surface area contributed by atoms with Crippen LogP contribution < -0.4 is 15.4 Å². The highest BCUT2D eigenvalue weighted by Gasteiger charge is 2.23. The number of likely N-dealkylation sites (tertiary alicyclic amines) is 1. The predicted octanol–water partition coefficient (Wildman–Crippen LogP) is 5.18. The molecule has 0 spiro atoms. The Morgan fingerprint density at radius 1 is 1.12 bits per heavy atom. The summed E-state index contributed by atoms with van der Waals surface area (Å²) >= 11 is 0. The Kier molecular flexibility index (Phi) is 6.18. The molecule has 0 saturated carbocycles. The van der Waals surface area contributed by atoms with E-state index in [9.17, 15) is 0 Å². The quantitative estimate of drug-likeness (QED) is 0.319. The van der Waals surface area contributed by atoms with Gasteiger partial charge in [-0.3, -0.25) is 14.9 Å². The molecule has 0 atom stereocenters. The van der Waals surface area contributed by atoms with Gasteiger partial charge in [0, 0.05) is 36.1 Å². The molecule has 1 saturated heterocycles. The van der Waals surface area contributed by atoms with E-state index in [4.69, 9.17) is 19.9 Å². The smallest absolute Gasteiger partial charge is 0.214 e. The van der Waals surface area contributed by atoms with Gasteiger partial charge >= 0.3 is 0 Å². The van der Waals surface area contributed by atoms with Crippen LogP contribution in [0.4, 0.5) is 11.6 Å². The summed E-state index contributed by atoms with van der Waals surface area (Å²) in [4.78, 5) is 13.2. The van der Waals surface area contributed by atoms with Gasteiger partial charge < -0.3 is 14.9 Å². The highest BCUT2D eigenvalue weighted by Crippen LogP contribution is 2.40. The lowest BCUT2D eigenvalue weighted by molar-refractivity contribution is 0.327. The Morgan fingerprint density at radius 3 is 2.65 bits per heavy atom. The molecule has 3 heterocycles. The van der Waals surface area contributed by atoms with E-state index in [2.05, 4.69) is 22.0 Å². The summed E-state index contributed by atoms with van der Waals surface area (Å²) in [6, 6.07) is 18.2. The Hall–Kier alpha value is -3.84. The van der Waals surface area contributed by atoms with Crippen molar-refractivity contribution >= 4 is 28.3 Å². The first-order valence-electron chi connectivity index (χ1n) is 11.5. The van der Waals surface area contributed by atoms with Crippen molar-refractivity contribution in [1.29, 1.82) is 0 Å². The van der Waals surface area contributed by atoms with Gasteiger partial charge in [0.15, 0.2) is 0 Å². The second kappa shape index (κ2) is 9.57. The molecule has 0 unspecified atom stereocenters. The maximum absolute atomic E-state index is 6.38. The number of nitrogens with zero attached hydrogens (tertiary/aromatic N) is 4. The number of methoxy groups -OCH3 is 1. The molecule has 2 aromatic heterocycles. The minimum atomic E-state index is 0.301. The van der Waals surface area contributed by atoms with Gasteiger partial charge in [-0.05, 0) is 55.8 Å². The first kappa shape index (κ1) is 22.0. The van der Waals surface area contributed by atoms with Crippen LogP contribution in [-0.4, -0.2) is 43.1 Å². The van der Waals surface area contributed by atoms with E-state index in [1.54, 1.807) is 25.3 Å². The standard InChI is InChI=1S/C27H29N5O2/c1-29-27(28)32(26-23-8-4-3-7-21(23)18-34-26)24-15-19(10-12-25(24)33-2)20-9-11-22(30-16-20)17-31-13-5-6-14-31/h3-4,7-12,15-16,18H,5-6,13-14,17H2,1-2H3,(H2,28,29). The fourth-order valence-corrected chi connectivity index (χ4v) is 4.49. The first-order valence-corrected chi connectivity index (χ1v) is 11.5. The molecule has 174 valence electrons. The Bertz CT molecular complexity index is 1310. The van der Waals surface area contributed by atoms with Crippen LogP contribution in [0.3, 0.4) is 0 Å². The Labute approximate surface area is 199 Å². The molecule has 1 fully saturated rings. The van der Waals surface area contributed by atoms with Crippen molar-refractivity contribution in [1.82, 2.24) is 9.88 Å². The lowest BCUT2D eigenvalue weighted by Crippen LogP contribution is -2.33. The molecular formula is C27H29N5O2. The van der Waals surface area contributed by atoms with E-state index in [1.807, 2.05) is 48.7 Å². The number of nitrogens with two attached hydrogens (primary N) is 1. The third-order valence-corrected chi connectivity index (χ3v) is 6.31. The molecule has 7 heteroatoms. The lowest BCUT2D eigenvalue weighted by Gasteiger charge is -2.24. The molecule has 0 aliphatic carbocycles. The fourth-order valence-electron chi connectivity index (χ4n) is 4.49. The van der Waals surface area contributed by atoms with Crippen molar-refractivity contribution < 1.29 is 9.15 Å². The Balaban J connectivity index is 1.54. The average Bonchev–Trinajstić information content (AvgIpc) is 3.55. The van der Waals surface area contributed by atoms with Crippen LogP contribution in [0.2, 0.25) is 0 Å². The molecular weight excluding hydrogens is 426 g/mol. The minimum Gasteiger partial charge on any atom is -0.495 e. The largest absolute Gasteiger partial charge is 0.495 e. The molecule has 0 radical (unpaired) electrons.